The third-order valence-corrected chi connectivity index (χ3v) is 3.68. The highest BCUT2D eigenvalue weighted by molar-refractivity contribution is 5.94. The van der Waals surface area contributed by atoms with Gasteiger partial charge in [-0.25, -0.2) is 0 Å². The molecule has 0 atom stereocenters. The van der Waals surface area contributed by atoms with Gasteiger partial charge in [-0.3, -0.25) is 24.5 Å². The zero-order valence-corrected chi connectivity index (χ0v) is 15.1. The molecule has 2 rings (SSSR count). The van der Waals surface area contributed by atoms with Crippen molar-refractivity contribution in [3.05, 3.63) is 64.2 Å². The van der Waals surface area contributed by atoms with Crippen LogP contribution < -0.4 is 10.6 Å². The maximum absolute atomic E-state index is 11.9. The minimum Gasteiger partial charge on any atom is -0.456 e. The van der Waals surface area contributed by atoms with Crippen molar-refractivity contribution in [3.63, 3.8) is 0 Å². The molecule has 146 valence electrons. The van der Waals surface area contributed by atoms with Crippen molar-refractivity contribution in [3.8, 4) is 0 Å². The number of nitro groups is 1. The van der Waals surface area contributed by atoms with Crippen molar-refractivity contribution in [1.29, 1.82) is 0 Å². The van der Waals surface area contributed by atoms with Gasteiger partial charge in [0.25, 0.3) is 11.6 Å². The van der Waals surface area contributed by atoms with Gasteiger partial charge in [-0.15, -0.1) is 0 Å². The molecule has 2 aromatic rings. The maximum Gasteiger partial charge on any atom is 0.306 e. The van der Waals surface area contributed by atoms with Gasteiger partial charge in [0.1, 0.15) is 0 Å². The summed E-state index contributed by atoms with van der Waals surface area (Å²) in [6, 6.07) is 12.6. The molecule has 2 aromatic carbocycles. The van der Waals surface area contributed by atoms with Gasteiger partial charge in [0.15, 0.2) is 6.61 Å². The Labute approximate surface area is 160 Å². The Morgan fingerprint density at radius 2 is 1.75 bits per heavy atom. The van der Waals surface area contributed by atoms with Gasteiger partial charge in [-0.05, 0) is 24.6 Å². The van der Waals surface area contributed by atoms with E-state index < -0.39 is 23.4 Å². The maximum atomic E-state index is 11.9. The molecule has 0 radical (unpaired) electrons. The van der Waals surface area contributed by atoms with Gasteiger partial charge in [0.2, 0.25) is 5.91 Å². The van der Waals surface area contributed by atoms with Crippen molar-refractivity contribution < 1.29 is 24.0 Å². The van der Waals surface area contributed by atoms with E-state index in [2.05, 4.69) is 10.6 Å². The van der Waals surface area contributed by atoms with E-state index in [0.717, 1.165) is 5.56 Å². The molecule has 0 unspecified atom stereocenters. The predicted octanol–water partition coefficient (Wildman–Crippen LogP) is 2.80. The Balaban J connectivity index is 1.72. The van der Waals surface area contributed by atoms with Crippen LogP contribution in [-0.4, -0.2) is 29.3 Å². The van der Waals surface area contributed by atoms with E-state index in [4.69, 9.17) is 4.74 Å². The largest absolute Gasteiger partial charge is 0.456 e. The van der Waals surface area contributed by atoms with Crippen molar-refractivity contribution in [1.82, 2.24) is 0 Å². The van der Waals surface area contributed by atoms with Crippen LogP contribution in [-0.2, 0) is 19.1 Å². The minimum atomic E-state index is -0.700. The van der Waals surface area contributed by atoms with E-state index in [9.17, 15) is 24.5 Å². The lowest BCUT2D eigenvalue weighted by Crippen LogP contribution is -2.21. The summed E-state index contributed by atoms with van der Waals surface area (Å²) >= 11 is 0. The first-order valence-electron chi connectivity index (χ1n) is 8.40. The predicted molar refractivity (Wildman–Crippen MR) is 102 cm³/mol. The van der Waals surface area contributed by atoms with E-state index >= 15 is 0 Å². The van der Waals surface area contributed by atoms with Crippen LogP contribution in [0.25, 0.3) is 0 Å². The summed E-state index contributed by atoms with van der Waals surface area (Å²) in [7, 11) is 0. The Morgan fingerprint density at radius 1 is 1.00 bits per heavy atom. The smallest absolute Gasteiger partial charge is 0.306 e. The number of nitrogens with zero attached hydrogens (tertiary/aromatic N) is 1. The number of hydrogen-bond donors (Lipinski definition) is 2. The number of nitrogens with one attached hydrogen (secondary N) is 2. The number of carbonyl (C=O) groups is 3. The summed E-state index contributed by atoms with van der Waals surface area (Å²) in [5.41, 5.74) is 1.61. The van der Waals surface area contributed by atoms with Crippen LogP contribution >= 0.6 is 0 Å². The Bertz CT molecular complexity index is 897. The molecule has 0 bridgehead atoms. The van der Waals surface area contributed by atoms with Crippen molar-refractivity contribution >= 4 is 34.8 Å². The fraction of sp³-hybridized carbons (Fsp3) is 0.211. The van der Waals surface area contributed by atoms with Gasteiger partial charge in [-0.1, -0.05) is 24.3 Å². The molecule has 0 fully saturated rings. The minimum absolute atomic E-state index is 0.0837. The number of rotatable bonds is 8. The van der Waals surface area contributed by atoms with Gasteiger partial charge < -0.3 is 15.4 Å². The van der Waals surface area contributed by atoms with Gasteiger partial charge in [-0.2, -0.15) is 0 Å². The molecular weight excluding hydrogens is 366 g/mol. The normalized spacial score (nSPS) is 10.0. The van der Waals surface area contributed by atoms with Crippen LogP contribution in [0.1, 0.15) is 18.4 Å². The molecular formula is C19H19N3O6. The number of nitro benzene ring substituents is 1. The number of para-hydroxylation sites is 1. The molecule has 28 heavy (non-hydrogen) atoms. The van der Waals surface area contributed by atoms with Crippen molar-refractivity contribution in [2.45, 2.75) is 19.8 Å². The summed E-state index contributed by atoms with van der Waals surface area (Å²) in [5, 5.41) is 15.8. The van der Waals surface area contributed by atoms with Crippen LogP contribution in [0.2, 0.25) is 0 Å². The fourth-order valence-corrected chi connectivity index (χ4v) is 2.25. The number of non-ortho nitro benzene ring substituents is 1. The number of anilines is 2. The molecule has 0 aliphatic carbocycles. The molecule has 0 aliphatic rings. The highest BCUT2D eigenvalue weighted by Gasteiger charge is 2.12. The van der Waals surface area contributed by atoms with Crippen molar-refractivity contribution in [2.24, 2.45) is 0 Å². The summed E-state index contributed by atoms with van der Waals surface area (Å²) in [6.07, 6.45) is -0.262. The first kappa shape index (κ1) is 20.6. The molecule has 0 aliphatic heterocycles. The number of carbonyl (C=O) groups excluding carboxylic acids is 3. The second-order valence-electron chi connectivity index (χ2n) is 5.88. The lowest BCUT2D eigenvalue weighted by atomic mass is 10.2. The summed E-state index contributed by atoms with van der Waals surface area (Å²) in [6.45, 7) is 1.30. The van der Waals surface area contributed by atoms with Crippen LogP contribution in [0, 0.1) is 17.0 Å². The number of aryl methyl sites for hydroxylation is 1. The topological polar surface area (TPSA) is 128 Å². The fourth-order valence-electron chi connectivity index (χ4n) is 2.25. The Morgan fingerprint density at radius 3 is 2.46 bits per heavy atom. The lowest BCUT2D eigenvalue weighted by Gasteiger charge is -2.08. The average Bonchev–Trinajstić information content (AvgIpc) is 2.66. The van der Waals surface area contributed by atoms with E-state index in [1.165, 1.54) is 24.3 Å². The highest BCUT2D eigenvalue weighted by atomic mass is 16.6. The SMILES string of the molecule is Cc1ccccc1NC(=O)CCC(=O)OCC(=O)Nc1cccc([N+](=O)[O-])c1. The molecule has 0 heterocycles. The molecule has 0 spiro atoms. The zero-order chi connectivity index (χ0) is 20.5. The molecule has 0 aromatic heterocycles. The van der Waals surface area contributed by atoms with E-state index in [1.54, 1.807) is 12.1 Å². The zero-order valence-electron chi connectivity index (χ0n) is 15.1. The van der Waals surface area contributed by atoms with Gasteiger partial charge in [0.05, 0.1) is 11.3 Å². The number of amides is 2. The number of ether oxygens (including phenoxy) is 1. The number of esters is 1. The van der Waals surface area contributed by atoms with Crippen LogP contribution in [0.4, 0.5) is 17.1 Å². The Hall–Kier alpha value is -3.75. The number of hydrogen-bond acceptors (Lipinski definition) is 6. The third-order valence-electron chi connectivity index (χ3n) is 3.68. The van der Waals surface area contributed by atoms with E-state index in [0.29, 0.717) is 5.69 Å². The quantitative estimate of drug-likeness (QED) is 0.408. The summed E-state index contributed by atoms with van der Waals surface area (Å²) < 4.78 is 4.81. The molecule has 2 amide bonds. The molecule has 0 saturated carbocycles. The van der Waals surface area contributed by atoms with E-state index in [-0.39, 0.29) is 30.1 Å². The molecule has 0 saturated heterocycles. The van der Waals surface area contributed by atoms with E-state index in [1.807, 2.05) is 19.1 Å². The molecule has 9 heteroatoms. The van der Waals surface area contributed by atoms with Crippen LogP contribution in [0.5, 0.6) is 0 Å². The van der Waals surface area contributed by atoms with Crippen molar-refractivity contribution in [2.75, 3.05) is 17.2 Å². The first-order chi connectivity index (χ1) is 13.3. The highest BCUT2D eigenvalue weighted by Crippen LogP contribution is 2.17. The number of benzene rings is 2. The average molecular weight is 385 g/mol. The van der Waals surface area contributed by atoms with Gasteiger partial charge in [0, 0.05) is 29.9 Å². The Kier molecular flexibility index (Phi) is 7.21. The second kappa shape index (κ2) is 9.81. The van der Waals surface area contributed by atoms with Crippen LogP contribution in [0.15, 0.2) is 48.5 Å². The summed E-state index contributed by atoms with van der Waals surface area (Å²) in [4.78, 5) is 45.5. The molecule has 2 N–H and O–H groups in total. The third kappa shape index (κ3) is 6.52. The molecule has 9 nitrogen and oxygen atoms in total. The first-order valence-corrected chi connectivity index (χ1v) is 8.40. The van der Waals surface area contributed by atoms with Crippen LogP contribution in [0.3, 0.4) is 0 Å². The monoisotopic (exact) mass is 385 g/mol. The standard InChI is InChI=1S/C19H19N3O6/c1-13-5-2-3-8-16(13)21-17(23)9-10-19(25)28-12-18(24)20-14-6-4-7-15(11-14)22(26)27/h2-8,11H,9-10,12H2,1H3,(H,20,24)(H,21,23). The van der Waals surface area contributed by atoms with Gasteiger partial charge >= 0.3 is 5.97 Å². The second-order valence-corrected chi connectivity index (χ2v) is 5.88. The lowest BCUT2D eigenvalue weighted by molar-refractivity contribution is -0.384. The summed E-state index contributed by atoms with van der Waals surface area (Å²) in [5.74, 6) is -1.68.